The predicted molar refractivity (Wildman–Crippen MR) is 107 cm³/mol. The Bertz CT molecular complexity index is 940. The SMILES string of the molecule is C1=C\CCOc2cccc(c2)-c2ccnc(n2)Nc2cccc(c2)OCC/1. The molecule has 1 N–H and O–H groups in total. The molecule has 4 rings (SSSR count). The fraction of sp³-hybridized carbons (Fsp3) is 0.182. The standard InChI is InChI=1S/C22H21N3O2/c1-2-4-14-27-20-10-6-8-18(16-20)24-22-23-12-11-21(25-22)17-7-5-9-19(15-17)26-13-3-1/h1-2,5-12,15-16H,3-4,13-14H2,(H,23,24,25)/b2-1-. The van der Waals surface area contributed by atoms with Gasteiger partial charge in [0, 0.05) is 23.5 Å². The van der Waals surface area contributed by atoms with Crippen molar-refractivity contribution in [1.82, 2.24) is 9.97 Å². The van der Waals surface area contributed by atoms with Gasteiger partial charge in [-0.25, -0.2) is 9.97 Å². The summed E-state index contributed by atoms with van der Waals surface area (Å²) < 4.78 is 11.7. The summed E-state index contributed by atoms with van der Waals surface area (Å²) in [6.07, 6.45) is 7.73. The topological polar surface area (TPSA) is 56.3 Å². The second-order valence-corrected chi connectivity index (χ2v) is 6.19. The Morgan fingerprint density at radius 2 is 1.56 bits per heavy atom. The monoisotopic (exact) mass is 359 g/mol. The zero-order chi connectivity index (χ0) is 18.3. The molecule has 1 aromatic heterocycles. The lowest BCUT2D eigenvalue weighted by Gasteiger charge is -2.10. The van der Waals surface area contributed by atoms with E-state index in [4.69, 9.17) is 9.47 Å². The third-order valence-electron chi connectivity index (χ3n) is 4.15. The second kappa shape index (κ2) is 8.36. The molecule has 0 fully saturated rings. The summed E-state index contributed by atoms with van der Waals surface area (Å²) in [6.45, 7) is 1.27. The van der Waals surface area contributed by atoms with Crippen molar-refractivity contribution in [2.24, 2.45) is 0 Å². The van der Waals surface area contributed by atoms with Crippen LogP contribution in [0.1, 0.15) is 12.8 Å². The molecule has 0 spiro atoms. The number of hydrogen-bond acceptors (Lipinski definition) is 5. The molecule has 27 heavy (non-hydrogen) atoms. The maximum absolute atomic E-state index is 5.86. The summed E-state index contributed by atoms with van der Waals surface area (Å²) in [7, 11) is 0. The number of nitrogens with zero attached hydrogens (tertiary/aromatic N) is 2. The van der Waals surface area contributed by atoms with Crippen LogP contribution in [0.4, 0.5) is 11.6 Å². The van der Waals surface area contributed by atoms with Gasteiger partial charge >= 0.3 is 0 Å². The molecule has 0 unspecified atom stereocenters. The van der Waals surface area contributed by atoms with E-state index in [1.165, 1.54) is 0 Å². The summed E-state index contributed by atoms with van der Waals surface area (Å²) in [5.41, 5.74) is 2.72. The van der Waals surface area contributed by atoms with Gasteiger partial charge in [-0.05, 0) is 43.2 Å². The predicted octanol–water partition coefficient (Wildman–Crippen LogP) is 4.99. The Labute approximate surface area is 158 Å². The lowest BCUT2D eigenvalue weighted by molar-refractivity contribution is 0.321. The van der Waals surface area contributed by atoms with Gasteiger partial charge in [-0.15, -0.1) is 0 Å². The van der Waals surface area contributed by atoms with E-state index in [0.29, 0.717) is 19.2 Å². The molecule has 0 aliphatic carbocycles. The molecule has 0 saturated carbocycles. The van der Waals surface area contributed by atoms with E-state index in [9.17, 15) is 0 Å². The number of hydrogen-bond donors (Lipinski definition) is 1. The molecule has 2 heterocycles. The Morgan fingerprint density at radius 1 is 0.815 bits per heavy atom. The van der Waals surface area contributed by atoms with Crippen molar-refractivity contribution in [3.8, 4) is 22.8 Å². The fourth-order valence-corrected chi connectivity index (χ4v) is 2.84. The van der Waals surface area contributed by atoms with Crippen LogP contribution < -0.4 is 14.8 Å². The molecule has 0 amide bonds. The molecule has 136 valence electrons. The minimum absolute atomic E-state index is 0.542. The van der Waals surface area contributed by atoms with Crippen LogP contribution >= 0.6 is 0 Å². The third-order valence-corrected chi connectivity index (χ3v) is 4.15. The number of aromatic nitrogens is 2. The van der Waals surface area contributed by atoms with Gasteiger partial charge in [-0.3, -0.25) is 0 Å². The van der Waals surface area contributed by atoms with Crippen molar-refractivity contribution < 1.29 is 9.47 Å². The summed E-state index contributed by atoms with van der Waals surface area (Å²) in [4.78, 5) is 8.96. The van der Waals surface area contributed by atoms with E-state index in [2.05, 4.69) is 27.4 Å². The molecule has 1 aliphatic rings. The van der Waals surface area contributed by atoms with E-state index in [0.717, 1.165) is 41.3 Å². The van der Waals surface area contributed by atoms with E-state index in [1.807, 2.05) is 54.6 Å². The van der Waals surface area contributed by atoms with Crippen molar-refractivity contribution in [2.45, 2.75) is 12.8 Å². The second-order valence-electron chi connectivity index (χ2n) is 6.19. The highest BCUT2D eigenvalue weighted by Crippen LogP contribution is 2.25. The summed E-state index contributed by atoms with van der Waals surface area (Å²) in [6, 6.07) is 17.7. The fourth-order valence-electron chi connectivity index (χ4n) is 2.84. The van der Waals surface area contributed by atoms with Crippen molar-refractivity contribution in [1.29, 1.82) is 0 Å². The molecule has 0 saturated heterocycles. The van der Waals surface area contributed by atoms with Gasteiger partial charge in [-0.1, -0.05) is 30.4 Å². The van der Waals surface area contributed by atoms with E-state index in [-0.39, 0.29) is 0 Å². The molecule has 2 aromatic carbocycles. The molecule has 3 aromatic rings. The van der Waals surface area contributed by atoms with Crippen molar-refractivity contribution in [3.63, 3.8) is 0 Å². The first-order chi connectivity index (χ1) is 13.4. The van der Waals surface area contributed by atoms with Gasteiger partial charge in [0.1, 0.15) is 11.5 Å². The quantitative estimate of drug-likeness (QED) is 0.573. The van der Waals surface area contributed by atoms with Crippen LogP contribution in [0.5, 0.6) is 11.5 Å². The third kappa shape index (κ3) is 4.64. The lowest BCUT2D eigenvalue weighted by atomic mass is 10.1. The van der Waals surface area contributed by atoms with Gasteiger partial charge in [0.2, 0.25) is 5.95 Å². The number of nitrogens with one attached hydrogen (secondary N) is 1. The van der Waals surface area contributed by atoms with Gasteiger partial charge in [0.25, 0.3) is 0 Å². The van der Waals surface area contributed by atoms with Crippen LogP contribution in [0.15, 0.2) is 72.9 Å². The zero-order valence-electron chi connectivity index (χ0n) is 15.0. The van der Waals surface area contributed by atoms with Crippen LogP contribution in [0, 0.1) is 0 Å². The number of anilines is 2. The molecular weight excluding hydrogens is 338 g/mol. The average Bonchev–Trinajstić information content (AvgIpc) is 2.70. The zero-order valence-corrected chi connectivity index (χ0v) is 15.0. The van der Waals surface area contributed by atoms with Crippen molar-refractivity contribution in [2.75, 3.05) is 18.5 Å². The van der Waals surface area contributed by atoms with Crippen LogP contribution in [-0.4, -0.2) is 23.2 Å². The van der Waals surface area contributed by atoms with Gasteiger partial charge < -0.3 is 14.8 Å². The molecule has 0 atom stereocenters. The molecule has 5 heteroatoms. The Balaban J connectivity index is 1.66. The van der Waals surface area contributed by atoms with Gasteiger partial charge in [0.05, 0.1) is 18.9 Å². The first kappa shape index (κ1) is 17.1. The number of fused-ring (bicyclic) bond motifs is 7. The van der Waals surface area contributed by atoms with E-state index in [1.54, 1.807) is 6.20 Å². The van der Waals surface area contributed by atoms with Crippen LogP contribution in [-0.2, 0) is 0 Å². The Kier molecular flexibility index (Phi) is 5.29. The minimum Gasteiger partial charge on any atom is -0.493 e. The highest BCUT2D eigenvalue weighted by Gasteiger charge is 2.05. The Morgan fingerprint density at radius 3 is 2.37 bits per heavy atom. The number of ether oxygens (including phenoxy) is 2. The minimum atomic E-state index is 0.542. The number of rotatable bonds is 0. The molecule has 0 radical (unpaired) electrons. The van der Waals surface area contributed by atoms with Gasteiger partial charge in [-0.2, -0.15) is 0 Å². The summed E-state index contributed by atoms with van der Waals surface area (Å²) in [5.74, 6) is 2.20. The Hall–Kier alpha value is -3.34. The van der Waals surface area contributed by atoms with Crippen molar-refractivity contribution >= 4 is 11.6 Å². The lowest BCUT2D eigenvalue weighted by Crippen LogP contribution is -2.00. The first-order valence-corrected chi connectivity index (χ1v) is 9.08. The highest BCUT2D eigenvalue weighted by molar-refractivity contribution is 5.63. The van der Waals surface area contributed by atoms with Crippen LogP contribution in [0.25, 0.3) is 11.3 Å². The number of benzene rings is 2. The molecule has 1 aliphatic heterocycles. The van der Waals surface area contributed by atoms with Crippen molar-refractivity contribution in [3.05, 3.63) is 72.9 Å². The highest BCUT2D eigenvalue weighted by atomic mass is 16.5. The smallest absolute Gasteiger partial charge is 0.227 e. The molecular formula is C22H21N3O2. The summed E-state index contributed by atoms with van der Waals surface area (Å²) in [5, 5.41) is 3.25. The van der Waals surface area contributed by atoms with Gasteiger partial charge in [0.15, 0.2) is 0 Å². The van der Waals surface area contributed by atoms with E-state index >= 15 is 0 Å². The van der Waals surface area contributed by atoms with E-state index < -0.39 is 0 Å². The normalized spacial score (nSPS) is 15.3. The molecule has 5 nitrogen and oxygen atoms in total. The summed E-state index contributed by atoms with van der Waals surface area (Å²) >= 11 is 0. The largest absolute Gasteiger partial charge is 0.493 e. The van der Waals surface area contributed by atoms with Crippen LogP contribution in [0.2, 0.25) is 0 Å². The first-order valence-electron chi connectivity index (χ1n) is 9.08. The molecule has 6 bridgehead atoms. The average molecular weight is 359 g/mol. The maximum Gasteiger partial charge on any atom is 0.227 e. The maximum atomic E-state index is 5.86. The van der Waals surface area contributed by atoms with Crippen LogP contribution in [0.3, 0.4) is 0 Å².